The predicted molar refractivity (Wildman–Crippen MR) is 78.5 cm³/mol. The van der Waals surface area contributed by atoms with Crippen molar-refractivity contribution >= 4 is 17.3 Å². The molecule has 0 saturated heterocycles. The van der Waals surface area contributed by atoms with Crippen LogP contribution in [-0.4, -0.2) is 9.78 Å². The second kappa shape index (κ2) is 5.66. The molecular weight excluding hydrogens is 258 g/mol. The molecule has 1 N–H and O–H groups in total. The molecule has 3 nitrogen and oxygen atoms in total. The normalized spacial score (nSPS) is 15.8. The zero-order valence-electron chi connectivity index (χ0n) is 10.8. The van der Waals surface area contributed by atoms with E-state index in [1.165, 1.54) is 25.7 Å². The molecule has 2 aromatic rings. The summed E-state index contributed by atoms with van der Waals surface area (Å²) >= 11 is 5.86. The lowest BCUT2D eigenvalue weighted by molar-refractivity contribution is 0.463. The van der Waals surface area contributed by atoms with Crippen LogP contribution in [0.15, 0.2) is 36.5 Å². The third-order valence-corrected chi connectivity index (χ3v) is 3.93. The average molecular weight is 276 g/mol. The monoisotopic (exact) mass is 275 g/mol. The minimum atomic E-state index is 0.615. The molecule has 100 valence electrons. The van der Waals surface area contributed by atoms with Crippen LogP contribution in [0.2, 0.25) is 5.02 Å². The second-order valence-corrected chi connectivity index (χ2v) is 5.52. The number of halogens is 1. The van der Waals surface area contributed by atoms with Crippen molar-refractivity contribution < 1.29 is 0 Å². The van der Waals surface area contributed by atoms with Crippen molar-refractivity contribution in [2.75, 3.05) is 5.32 Å². The standard InChI is InChI=1S/C15H18ClN3/c16-12-5-7-13(8-6-12)17-11-14-9-10-19(18-14)15-3-1-2-4-15/h5-10,15,17H,1-4,11H2. The summed E-state index contributed by atoms with van der Waals surface area (Å²) in [5.41, 5.74) is 2.15. The molecule has 4 heteroatoms. The molecule has 0 aliphatic heterocycles. The maximum absolute atomic E-state index is 5.86. The lowest BCUT2D eigenvalue weighted by Gasteiger charge is -2.09. The first-order valence-electron chi connectivity index (χ1n) is 6.85. The van der Waals surface area contributed by atoms with Crippen molar-refractivity contribution in [3.8, 4) is 0 Å². The summed E-state index contributed by atoms with van der Waals surface area (Å²) in [5.74, 6) is 0. The van der Waals surface area contributed by atoms with Gasteiger partial charge in [0.1, 0.15) is 0 Å². The van der Waals surface area contributed by atoms with Crippen LogP contribution in [0, 0.1) is 0 Å². The van der Waals surface area contributed by atoms with E-state index >= 15 is 0 Å². The van der Waals surface area contributed by atoms with E-state index in [0.717, 1.165) is 22.9 Å². The summed E-state index contributed by atoms with van der Waals surface area (Å²) in [6.07, 6.45) is 7.32. The van der Waals surface area contributed by atoms with Crippen LogP contribution in [0.4, 0.5) is 5.69 Å². The van der Waals surface area contributed by atoms with E-state index in [1.807, 2.05) is 24.3 Å². The van der Waals surface area contributed by atoms with Crippen molar-refractivity contribution in [1.82, 2.24) is 9.78 Å². The lowest BCUT2D eigenvalue weighted by Crippen LogP contribution is -2.07. The smallest absolute Gasteiger partial charge is 0.0815 e. The number of anilines is 1. The molecule has 0 bridgehead atoms. The number of nitrogens with zero attached hydrogens (tertiary/aromatic N) is 2. The van der Waals surface area contributed by atoms with Gasteiger partial charge in [-0.2, -0.15) is 5.10 Å². The lowest BCUT2D eigenvalue weighted by atomic mass is 10.3. The largest absolute Gasteiger partial charge is 0.379 e. The Hall–Kier alpha value is -1.48. The molecule has 0 atom stereocenters. The minimum absolute atomic E-state index is 0.615. The van der Waals surface area contributed by atoms with Gasteiger partial charge in [-0.15, -0.1) is 0 Å². The van der Waals surface area contributed by atoms with Gasteiger partial charge in [0.25, 0.3) is 0 Å². The quantitative estimate of drug-likeness (QED) is 0.903. The van der Waals surface area contributed by atoms with Gasteiger partial charge in [0.2, 0.25) is 0 Å². The highest BCUT2D eigenvalue weighted by atomic mass is 35.5. The van der Waals surface area contributed by atoms with Gasteiger partial charge in [0, 0.05) is 16.9 Å². The Morgan fingerprint density at radius 1 is 1.16 bits per heavy atom. The van der Waals surface area contributed by atoms with E-state index < -0.39 is 0 Å². The van der Waals surface area contributed by atoms with E-state index in [9.17, 15) is 0 Å². The maximum atomic E-state index is 5.86. The van der Waals surface area contributed by atoms with Crippen LogP contribution in [-0.2, 0) is 6.54 Å². The van der Waals surface area contributed by atoms with Gasteiger partial charge >= 0.3 is 0 Å². The minimum Gasteiger partial charge on any atom is -0.379 e. The van der Waals surface area contributed by atoms with Gasteiger partial charge in [0.05, 0.1) is 18.3 Å². The Morgan fingerprint density at radius 3 is 2.63 bits per heavy atom. The number of nitrogens with one attached hydrogen (secondary N) is 1. The Labute approximate surface area is 118 Å². The molecular formula is C15H18ClN3. The summed E-state index contributed by atoms with van der Waals surface area (Å²) in [7, 11) is 0. The van der Waals surface area contributed by atoms with Crippen molar-refractivity contribution in [3.63, 3.8) is 0 Å². The predicted octanol–water partition coefficient (Wildman–Crippen LogP) is 4.26. The Balaban J connectivity index is 1.59. The Bertz CT molecular complexity index is 527. The van der Waals surface area contributed by atoms with Crippen molar-refractivity contribution in [2.45, 2.75) is 38.3 Å². The molecule has 0 spiro atoms. The summed E-state index contributed by atoms with van der Waals surface area (Å²) < 4.78 is 2.13. The molecule has 1 aliphatic rings. The highest BCUT2D eigenvalue weighted by molar-refractivity contribution is 6.30. The summed E-state index contributed by atoms with van der Waals surface area (Å²) in [5, 5.41) is 8.77. The first kappa shape index (κ1) is 12.5. The fourth-order valence-corrected chi connectivity index (χ4v) is 2.73. The maximum Gasteiger partial charge on any atom is 0.0815 e. The molecule has 0 amide bonds. The summed E-state index contributed by atoms with van der Waals surface area (Å²) in [6.45, 7) is 0.751. The SMILES string of the molecule is Clc1ccc(NCc2ccn(C3CCCC3)n2)cc1. The number of hydrogen-bond donors (Lipinski definition) is 1. The van der Waals surface area contributed by atoms with Gasteiger partial charge < -0.3 is 5.32 Å². The van der Waals surface area contributed by atoms with Crippen LogP contribution in [0.5, 0.6) is 0 Å². The second-order valence-electron chi connectivity index (χ2n) is 5.09. The Morgan fingerprint density at radius 2 is 1.89 bits per heavy atom. The molecule has 19 heavy (non-hydrogen) atoms. The zero-order chi connectivity index (χ0) is 13.1. The molecule has 1 aromatic carbocycles. The van der Waals surface area contributed by atoms with Gasteiger partial charge in [-0.25, -0.2) is 0 Å². The molecule has 1 aliphatic carbocycles. The van der Waals surface area contributed by atoms with E-state index in [1.54, 1.807) is 0 Å². The van der Waals surface area contributed by atoms with Gasteiger partial charge in [0.15, 0.2) is 0 Å². The molecule has 0 radical (unpaired) electrons. The van der Waals surface area contributed by atoms with Crippen LogP contribution in [0.3, 0.4) is 0 Å². The van der Waals surface area contributed by atoms with Crippen LogP contribution in [0.25, 0.3) is 0 Å². The third-order valence-electron chi connectivity index (χ3n) is 3.68. The topological polar surface area (TPSA) is 29.9 Å². The van der Waals surface area contributed by atoms with Gasteiger partial charge in [-0.05, 0) is 43.2 Å². The third kappa shape index (κ3) is 3.10. The van der Waals surface area contributed by atoms with Gasteiger partial charge in [-0.3, -0.25) is 4.68 Å². The van der Waals surface area contributed by atoms with Crippen LogP contribution >= 0.6 is 11.6 Å². The Kier molecular flexibility index (Phi) is 3.74. The summed E-state index contributed by atoms with van der Waals surface area (Å²) in [4.78, 5) is 0. The van der Waals surface area contributed by atoms with Crippen LogP contribution in [0.1, 0.15) is 37.4 Å². The van der Waals surface area contributed by atoms with Gasteiger partial charge in [-0.1, -0.05) is 24.4 Å². The number of hydrogen-bond acceptors (Lipinski definition) is 2. The molecule has 3 rings (SSSR count). The number of rotatable bonds is 4. The van der Waals surface area contributed by atoms with E-state index in [4.69, 9.17) is 11.6 Å². The van der Waals surface area contributed by atoms with Crippen molar-refractivity contribution in [3.05, 3.63) is 47.2 Å². The zero-order valence-corrected chi connectivity index (χ0v) is 11.6. The highest BCUT2D eigenvalue weighted by Gasteiger charge is 2.17. The van der Waals surface area contributed by atoms with Crippen molar-refractivity contribution in [2.24, 2.45) is 0 Å². The highest BCUT2D eigenvalue weighted by Crippen LogP contribution is 2.28. The molecule has 1 heterocycles. The first-order chi connectivity index (χ1) is 9.31. The fourth-order valence-electron chi connectivity index (χ4n) is 2.60. The number of aromatic nitrogens is 2. The average Bonchev–Trinajstić information content (AvgIpc) is 3.09. The summed E-state index contributed by atoms with van der Waals surface area (Å²) in [6, 6.07) is 10.5. The van der Waals surface area contributed by atoms with E-state index in [-0.39, 0.29) is 0 Å². The molecule has 0 unspecified atom stereocenters. The molecule has 1 aromatic heterocycles. The van der Waals surface area contributed by atoms with E-state index in [0.29, 0.717) is 6.04 Å². The molecule has 1 saturated carbocycles. The van der Waals surface area contributed by atoms with Crippen molar-refractivity contribution in [1.29, 1.82) is 0 Å². The van der Waals surface area contributed by atoms with Crippen LogP contribution < -0.4 is 5.32 Å². The fraction of sp³-hybridized carbons (Fsp3) is 0.400. The number of benzene rings is 1. The van der Waals surface area contributed by atoms with E-state index in [2.05, 4.69) is 27.4 Å². The molecule has 1 fully saturated rings. The first-order valence-corrected chi connectivity index (χ1v) is 7.22.